The minimum atomic E-state index is 0.878. The summed E-state index contributed by atoms with van der Waals surface area (Å²) in [4.78, 5) is 16.0. The van der Waals surface area contributed by atoms with Gasteiger partial charge in [-0.25, -0.2) is 4.98 Å². The molecule has 23 heavy (non-hydrogen) atoms. The van der Waals surface area contributed by atoms with Crippen molar-refractivity contribution in [3.05, 3.63) is 41.8 Å². The van der Waals surface area contributed by atoms with Gasteiger partial charge in [-0.2, -0.15) is 0 Å². The van der Waals surface area contributed by atoms with Gasteiger partial charge in [0.25, 0.3) is 0 Å². The van der Waals surface area contributed by atoms with E-state index < -0.39 is 0 Å². The van der Waals surface area contributed by atoms with E-state index in [1.165, 1.54) is 11.1 Å². The minimum Gasteiger partial charge on any atom is -0.315 e. The van der Waals surface area contributed by atoms with Gasteiger partial charge in [0, 0.05) is 25.2 Å². The summed E-state index contributed by atoms with van der Waals surface area (Å²) in [7, 11) is 0. The number of fused-ring (bicyclic) bond motifs is 1. The van der Waals surface area contributed by atoms with Crippen molar-refractivity contribution in [3.63, 3.8) is 0 Å². The second-order valence-corrected chi connectivity index (χ2v) is 6.69. The van der Waals surface area contributed by atoms with Crippen molar-refractivity contribution >= 4 is 21.6 Å². The van der Waals surface area contributed by atoms with Crippen LogP contribution in [-0.2, 0) is 6.54 Å². The maximum Gasteiger partial charge on any atom is 0.0885 e. The molecule has 1 saturated heterocycles. The van der Waals surface area contributed by atoms with Crippen LogP contribution in [0.3, 0.4) is 0 Å². The van der Waals surface area contributed by atoms with E-state index in [9.17, 15) is 0 Å². The molecule has 0 atom stereocenters. The van der Waals surface area contributed by atoms with Crippen LogP contribution >= 0.6 is 11.3 Å². The Morgan fingerprint density at radius 2 is 2.09 bits per heavy atom. The Bertz CT molecular complexity index is 775. The highest BCUT2D eigenvalue weighted by Crippen LogP contribution is 2.24. The van der Waals surface area contributed by atoms with Crippen LogP contribution in [-0.4, -0.2) is 46.0 Å². The second-order valence-electron chi connectivity index (χ2n) is 5.81. The zero-order chi connectivity index (χ0) is 15.5. The lowest BCUT2D eigenvalue weighted by atomic mass is 10.1. The Morgan fingerprint density at radius 1 is 1.09 bits per heavy atom. The van der Waals surface area contributed by atoms with Gasteiger partial charge < -0.3 is 5.32 Å². The first-order valence-corrected chi connectivity index (χ1v) is 8.84. The molecule has 0 radical (unpaired) electrons. The number of nitrogens with zero attached hydrogens (tertiary/aromatic N) is 4. The number of hydrogen-bond acceptors (Lipinski definition) is 6. The normalized spacial score (nSPS) is 16.5. The third-order valence-corrected chi connectivity index (χ3v) is 4.94. The van der Waals surface area contributed by atoms with Gasteiger partial charge >= 0.3 is 0 Å². The van der Waals surface area contributed by atoms with Crippen molar-refractivity contribution in [2.75, 3.05) is 26.2 Å². The molecule has 2 aromatic heterocycles. The maximum absolute atomic E-state index is 4.61. The molecular weight excluding hydrogens is 306 g/mol. The Morgan fingerprint density at radius 3 is 3.00 bits per heavy atom. The molecule has 0 unspecified atom stereocenters. The Kier molecular flexibility index (Phi) is 4.28. The number of benzene rings is 1. The highest BCUT2D eigenvalue weighted by Gasteiger charge is 2.10. The molecule has 118 valence electrons. The molecular formula is C17H19N5S. The fourth-order valence-electron chi connectivity index (χ4n) is 2.89. The fourth-order valence-corrected chi connectivity index (χ4v) is 3.61. The van der Waals surface area contributed by atoms with Crippen LogP contribution in [0.5, 0.6) is 0 Å². The average molecular weight is 325 g/mol. The first-order chi connectivity index (χ1) is 11.4. The quantitative estimate of drug-likeness (QED) is 0.802. The van der Waals surface area contributed by atoms with Gasteiger partial charge in [0.05, 0.1) is 39.5 Å². The van der Waals surface area contributed by atoms with Gasteiger partial charge in [0.2, 0.25) is 0 Å². The molecule has 4 rings (SSSR count). The molecule has 3 aromatic rings. The number of thiazole rings is 1. The van der Waals surface area contributed by atoms with Crippen molar-refractivity contribution in [2.24, 2.45) is 0 Å². The van der Waals surface area contributed by atoms with Crippen molar-refractivity contribution in [2.45, 2.75) is 13.0 Å². The molecule has 0 spiro atoms. The highest BCUT2D eigenvalue weighted by atomic mass is 32.1. The van der Waals surface area contributed by atoms with E-state index in [1.54, 1.807) is 11.3 Å². The van der Waals surface area contributed by atoms with Crippen LogP contribution in [0, 0.1) is 0 Å². The second kappa shape index (κ2) is 6.70. The first kappa shape index (κ1) is 14.7. The molecule has 1 N–H and O–H groups in total. The van der Waals surface area contributed by atoms with Gasteiger partial charge in [-0.1, -0.05) is 6.07 Å². The molecule has 1 fully saturated rings. The number of hydrogen-bond donors (Lipinski definition) is 1. The van der Waals surface area contributed by atoms with E-state index in [1.807, 2.05) is 24.0 Å². The Balaban J connectivity index is 1.50. The van der Waals surface area contributed by atoms with E-state index in [0.29, 0.717) is 0 Å². The Labute approximate surface area is 139 Å². The fraction of sp³-hybridized carbons (Fsp3) is 0.353. The Hall–Kier alpha value is -1.89. The lowest BCUT2D eigenvalue weighted by Crippen LogP contribution is -2.28. The van der Waals surface area contributed by atoms with Crippen molar-refractivity contribution in [3.8, 4) is 11.3 Å². The largest absolute Gasteiger partial charge is 0.315 e. The summed E-state index contributed by atoms with van der Waals surface area (Å²) >= 11 is 1.65. The lowest BCUT2D eigenvalue weighted by Gasteiger charge is -2.18. The van der Waals surface area contributed by atoms with Crippen LogP contribution in [0.15, 0.2) is 36.1 Å². The summed E-state index contributed by atoms with van der Waals surface area (Å²) in [6.45, 7) is 5.24. The SMILES string of the molecule is c1nc2ccc(-c3cnc(CN4CCCNCC4)cn3)cc2s1. The molecule has 1 aliphatic rings. The molecule has 0 bridgehead atoms. The first-order valence-electron chi connectivity index (χ1n) is 7.96. The topological polar surface area (TPSA) is 53.9 Å². The van der Waals surface area contributed by atoms with Gasteiger partial charge in [-0.3, -0.25) is 14.9 Å². The van der Waals surface area contributed by atoms with Crippen LogP contribution < -0.4 is 5.32 Å². The summed E-state index contributed by atoms with van der Waals surface area (Å²) in [6, 6.07) is 6.24. The standard InChI is InChI=1S/C17H19N5S/c1-4-18-5-7-22(6-1)11-14-9-20-16(10-19-14)13-2-3-15-17(8-13)23-12-21-15/h2-3,8-10,12,18H,1,4-7,11H2. The average Bonchev–Trinajstić information content (AvgIpc) is 2.91. The molecule has 3 heterocycles. The van der Waals surface area contributed by atoms with Crippen molar-refractivity contribution in [1.82, 2.24) is 25.2 Å². The third-order valence-electron chi connectivity index (χ3n) is 4.15. The molecule has 6 heteroatoms. The molecule has 5 nitrogen and oxygen atoms in total. The van der Waals surface area contributed by atoms with Crippen LogP contribution in [0.2, 0.25) is 0 Å². The summed E-state index contributed by atoms with van der Waals surface area (Å²) < 4.78 is 1.19. The lowest BCUT2D eigenvalue weighted by molar-refractivity contribution is 0.280. The van der Waals surface area contributed by atoms with Gasteiger partial charge in [0.1, 0.15) is 0 Å². The molecule has 0 aliphatic carbocycles. The van der Waals surface area contributed by atoms with Crippen LogP contribution in [0.1, 0.15) is 12.1 Å². The summed E-state index contributed by atoms with van der Waals surface area (Å²) in [5, 5.41) is 3.42. The monoisotopic (exact) mass is 325 g/mol. The number of nitrogens with one attached hydrogen (secondary N) is 1. The molecule has 0 saturated carbocycles. The summed E-state index contributed by atoms with van der Waals surface area (Å²) in [6.07, 6.45) is 4.98. The smallest absolute Gasteiger partial charge is 0.0885 e. The molecule has 1 aliphatic heterocycles. The summed E-state index contributed by atoms with van der Waals surface area (Å²) in [5.41, 5.74) is 5.97. The van der Waals surface area contributed by atoms with E-state index in [2.05, 4.69) is 37.3 Å². The predicted octanol–water partition coefficient (Wildman–Crippen LogP) is 2.55. The van der Waals surface area contributed by atoms with Crippen molar-refractivity contribution in [1.29, 1.82) is 0 Å². The van der Waals surface area contributed by atoms with E-state index >= 15 is 0 Å². The highest BCUT2D eigenvalue weighted by molar-refractivity contribution is 7.16. The third kappa shape index (κ3) is 3.39. The van der Waals surface area contributed by atoms with E-state index in [-0.39, 0.29) is 0 Å². The predicted molar refractivity (Wildman–Crippen MR) is 93.4 cm³/mol. The maximum atomic E-state index is 4.61. The van der Waals surface area contributed by atoms with E-state index in [0.717, 1.165) is 55.2 Å². The van der Waals surface area contributed by atoms with Gasteiger partial charge in [-0.15, -0.1) is 11.3 Å². The van der Waals surface area contributed by atoms with Crippen LogP contribution in [0.4, 0.5) is 0 Å². The van der Waals surface area contributed by atoms with Gasteiger partial charge in [-0.05, 0) is 31.6 Å². The molecule has 1 aromatic carbocycles. The van der Waals surface area contributed by atoms with Crippen molar-refractivity contribution < 1.29 is 0 Å². The zero-order valence-corrected chi connectivity index (χ0v) is 13.7. The number of aromatic nitrogens is 3. The molecule has 0 amide bonds. The zero-order valence-electron chi connectivity index (χ0n) is 12.9. The van der Waals surface area contributed by atoms with Crippen LogP contribution in [0.25, 0.3) is 21.5 Å². The minimum absolute atomic E-state index is 0.878. The van der Waals surface area contributed by atoms with Gasteiger partial charge in [0.15, 0.2) is 0 Å². The number of rotatable bonds is 3. The summed E-state index contributed by atoms with van der Waals surface area (Å²) in [5.74, 6) is 0. The van der Waals surface area contributed by atoms with E-state index in [4.69, 9.17) is 0 Å².